The van der Waals surface area contributed by atoms with Crippen LogP contribution in [0.4, 0.5) is 0 Å². The minimum atomic E-state index is -3.70. The van der Waals surface area contributed by atoms with Crippen LogP contribution in [0.15, 0.2) is 0 Å². The molecule has 0 saturated heterocycles. The van der Waals surface area contributed by atoms with E-state index in [1.165, 1.54) is 13.1 Å². The molecule has 6 nitrogen and oxygen atoms in total. The third kappa shape index (κ3) is 0.408. The zero-order valence-electron chi connectivity index (χ0n) is 11.4. The summed E-state index contributed by atoms with van der Waals surface area (Å²) in [5, 5.41) is -7.62. The fourth-order valence-electron chi connectivity index (χ4n) is 6.46. The van der Waals surface area contributed by atoms with Crippen molar-refractivity contribution in [2.45, 2.75) is 33.2 Å². The van der Waals surface area contributed by atoms with Crippen molar-refractivity contribution in [1.29, 1.82) is 0 Å². The second-order valence-corrected chi connectivity index (χ2v) is 15.5. The molecular formula is C14H6O6Si2. The summed E-state index contributed by atoms with van der Waals surface area (Å²) in [5.74, 6) is -2.68. The summed E-state index contributed by atoms with van der Waals surface area (Å²) in [7, 11) is -7.39. The van der Waals surface area contributed by atoms with E-state index >= 15 is 0 Å². The Hall–Kier alpha value is -1.99. The van der Waals surface area contributed by atoms with Crippen LogP contribution in [-0.2, 0) is 28.8 Å². The van der Waals surface area contributed by atoms with Gasteiger partial charge in [-0.3, -0.25) is 28.8 Å². The van der Waals surface area contributed by atoms with Crippen molar-refractivity contribution < 1.29 is 28.8 Å². The van der Waals surface area contributed by atoms with Crippen LogP contribution in [0, 0.1) is 11.1 Å². The first-order chi connectivity index (χ1) is 10.1. The summed E-state index contributed by atoms with van der Waals surface area (Å²) in [6.07, 6.45) is 0. The lowest BCUT2D eigenvalue weighted by Gasteiger charge is -2.83. The highest BCUT2D eigenvalue weighted by molar-refractivity contribution is 7.34. The first kappa shape index (κ1) is 11.6. The molecule has 0 aromatic carbocycles. The van der Waals surface area contributed by atoms with Gasteiger partial charge in [0.15, 0.2) is 71.0 Å². The quantitative estimate of drug-likeness (QED) is 0.311. The Morgan fingerprint density at radius 2 is 0.727 bits per heavy atom. The lowest BCUT2D eigenvalue weighted by atomic mass is 9.47. The molecule has 6 aliphatic heterocycles. The van der Waals surface area contributed by atoms with Crippen molar-refractivity contribution in [1.82, 2.24) is 0 Å². The third-order valence-electron chi connectivity index (χ3n) is 7.65. The molecule has 0 aromatic heterocycles. The molecule has 0 unspecified atom stereocenters. The van der Waals surface area contributed by atoms with Crippen molar-refractivity contribution in [3.05, 3.63) is 0 Å². The third-order valence-corrected chi connectivity index (χ3v) is 17.9. The van der Waals surface area contributed by atoms with Gasteiger partial charge in [-0.25, -0.2) is 0 Å². The monoisotopic (exact) mass is 326 g/mol. The minimum Gasteiger partial charge on any atom is -0.297 e. The van der Waals surface area contributed by atoms with Gasteiger partial charge in [-0.15, -0.1) is 11.1 Å². The SMILES string of the molecule is C[Si]12C#C[Si](C)(C34C(=O)C1(C3=O)C4=O)C13C(=O)C2(C1=O)C3=O. The van der Waals surface area contributed by atoms with E-state index in [1.54, 1.807) is 0 Å². The van der Waals surface area contributed by atoms with Gasteiger partial charge in [0, 0.05) is 0 Å². The highest BCUT2D eigenvalue weighted by Gasteiger charge is 3.16. The predicted molar refractivity (Wildman–Crippen MR) is 71.8 cm³/mol. The molecule has 6 saturated carbocycles. The zero-order valence-corrected chi connectivity index (χ0v) is 13.4. The average Bonchev–Trinajstić information content (AvgIpc) is 2.73. The number of ketones is 6. The van der Waals surface area contributed by atoms with Gasteiger partial charge >= 0.3 is 0 Å². The highest BCUT2D eigenvalue weighted by atomic mass is 28.3. The van der Waals surface area contributed by atoms with Gasteiger partial charge in [-0.1, -0.05) is 13.1 Å². The van der Waals surface area contributed by atoms with Gasteiger partial charge in [-0.2, -0.15) is 0 Å². The van der Waals surface area contributed by atoms with Crippen molar-refractivity contribution >= 4 is 50.8 Å². The Morgan fingerprint density at radius 1 is 0.545 bits per heavy atom. The Morgan fingerprint density at radius 3 is 0.909 bits per heavy atom. The first-order valence-electron chi connectivity index (χ1n) is 6.97. The molecule has 0 N–H and O–H groups in total. The maximum atomic E-state index is 12.7. The summed E-state index contributed by atoms with van der Waals surface area (Å²) in [5.41, 5.74) is 5.81. The molecule has 6 bridgehead atoms. The van der Waals surface area contributed by atoms with E-state index in [4.69, 9.17) is 0 Å². The van der Waals surface area contributed by atoms with Crippen LogP contribution in [-0.4, -0.2) is 50.8 Å². The molecule has 0 atom stereocenters. The summed E-state index contributed by atoms with van der Waals surface area (Å²) in [4.78, 5) is 76.4. The van der Waals surface area contributed by atoms with E-state index in [2.05, 4.69) is 11.1 Å². The Labute approximate surface area is 124 Å². The smallest absolute Gasteiger partial charge is 0.196 e. The molecule has 0 spiro atoms. The van der Waals surface area contributed by atoms with Crippen molar-refractivity contribution in [2.75, 3.05) is 0 Å². The molecule has 0 aromatic rings. The second kappa shape index (κ2) is 2.11. The van der Waals surface area contributed by atoms with Gasteiger partial charge in [0.25, 0.3) is 0 Å². The van der Waals surface area contributed by atoms with E-state index in [1.807, 2.05) is 0 Å². The molecule has 12 rings (SSSR count). The molecule has 106 valence electrons. The van der Waals surface area contributed by atoms with Crippen LogP contribution in [0.3, 0.4) is 0 Å². The molecule has 0 amide bonds. The van der Waals surface area contributed by atoms with Crippen LogP contribution >= 0.6 is 0 Å². The van der Waals surface area contributed by atoms with Gasteiger partial charge in [-0.05, 0) is 0 Å². The summed E-state index contributed by atoms with van der Waals surface area (Å²) < 4.78 is 0. The summed E-state index contributed by atoms with van der Waals surface area (Å²) in [6, 6.07) is 0. The van der Waals surface area contributed by atoms with Crippen LogP contribution in [0.5, 0.6) is 0 Å². The molecule has 6 heterocycles. The largest absolute Gasteiger partial charge is 0.297 e. The van der Waals surface area contributed by atoms with E-state index in [-0.39, 0.29) is 0 Å². The van der Waals surface area contributed by atoms with E-state index in [0.717, 1.165) is 0 Å². The zero-order chi connectivity index (χ0) is 15.9. The molecule has 0 radical (unpaired) electrons. The molecule has 6 fully saturated rings. The number of Topliss-reactive ketones (excluding diaryl/α,β-unsaturated/α-hetero) is 6. The summed E-state index contributed by atoms with van der Waals surface area (Å²) in [6.45, 7) is 2.89. The van der Waals surface area contributed by atoms with Gasteiger partial charge in [0.2, 0.25) is 0 Å². The minimum absolute atomic E-state index is 0.447. The fourth-order valence-corrected chi connectivity index (χ4v) is 18.8. The Bertz CT molecular complexity index is 787. The van der Waals surface area contributed by atoms with Gasteiger partial charge in [0.05, 0.1) is 0 Å². The normalized spacial score (nSPS) is 63.7. The number of carbonyl (C=O) groups excluding carboxylic acids is 6. The van der Waals surface area contributed by atoms with E-state index in [9.17, 15) is 28.8 Å². The van der Waals surface area contributed by atoms with Crippen LogP contribution < -0.4 is 0 Å². The first-order valence-corrected chi connectivity index (χ1v) is 12.0. The maximum Gasteiger partial charge on any atom is 0.196 e. The number of rotatable bonds is 0. The Kier molecular flexibility index (Phi) is 1.11. The summed E-state index contributed by atoms with van der Waals surface area (Å²) >= 11 is 0. The number of hydrogen-bond donors (Lipinski definition) is 0. The molecule has 8 heteroatoms. The van der Waals surface area contributed by atoms with Crippen molar-refractivity contribution in [2.24, 2.45) is 0 Å². The van der Waals surface area contributed by atoms with Crippen molar-refractivity contribution in [3.63, 3.8) is 0 Å². The predicted octanol–water partition coefficient (Wildman–Crippen LogP) is -1.32. The average molecular weight is 326 g/mol. The van der Waals surface area contributed by atoms with Gasteiger partial charge < -0.3 is 0 Å². The standard InChI is InChI=1S/C14H6O6Si2/c1-21-3-4-22(2,13-5(15)11(21,6(13)16)7(13)17)14-8(18)12(21,9(14)19)10(14)20/h1-2H3. The lowest BCUT2D eigenvalue weighted by molar-refractivity contribution is -0.175. The number of hydrogen-bond acceptors (Lipinski definition) is 6. The van der Waals surface area contributed by atoms with E-state index < -0.39 is 71.0 Å². The van der Waals surface area contributed by atoms with Crippen LogP contribution in [0.2, 0.25) is 33.2 Å². The molecular weight excluding hydrogens is 320 g/mol. The molecule has 12 aliphatic rings. The van der Waals surface area contributed by atoms with Crippen LogP contribution in [0.25, 0.3) is 0 Å². The second-order valence-electron chi connectivity index (χ2n) is 7.47. The molecule has 6 aliphatic carbocycles. The number of carbonyl (C=O) groups is 6. The highest BCUT2D eigenvalue weighted by Crippen LogP contribution is 2.97. The van der Waals surface area contributed by atoms with E-state index in [0.29, 0.717) is 0 Å². The topological polar surface area (TPSA) is 102 Å². The fraction of sp³-hybridized carbons (Fsp3) is 0.429. The van der Waals surface area contributed by atoms with Crippen LogP contribution in [0.1, 0.15) is 0 Å². The lowest BCUT2D eigenvalue weighted by Crippen LogP contribution is -3.05. The molecule has 22 heavy (non-hydrogen) atoms. The van der Waals surface area contributed by atoms with Gasteiger partial charge in [0.1, 0.15) is 0 Å². The van der Waals surface area contributed by atoms with Crippen molar-refractivity contribution in [3.8, 4) is 11.1 Å². The Balaban J connectivity index is 1.93. The maximum absolute atomic E-state index is 12.7.